The number of morpholine rings is 1. The number of nitrogens with zero attached hydrogens (tertiary/aromatic N) is 5. The van der Waals surface area contributed by atoms with Crippen LogP contribution in [0.25, 0.3) is 11.1 Å². The number of fused-ring (bicyclic) bond motifs is 1. The SMILES string of the molecule is O=C(Nc1ccc(CN2CCCCC2)nc1)C1=NCCCc2ccc(-c3cncc(N4CCOCC4)c3)cc21. The van der Waals surface area contributed by atoms with Crippen molar-refractivity contribution in [3.05, 3.63) is 71.8 Å². The van der Waals surface area contributed by atoms with Crippen molar-refractivity contribution < 1.29 is 9.53 Å². The fourth-order valence-electron chi connectivity index (χ4n) is 5.64. The average Bonchev–Trinajstić information content (AvgIpc) is 3.21. The molecule has 0 unspecified atom stereocenters. The highest BCUT2D eigenvalue weighted by Crippen LogP contribution is 2.28. The number of carbonyl (C=O) groups is 1. The van der Waals surface area contributed by atoms with E-state index >= 15 is 0 Å². The molecule has 2 saturated heterocycles. The van der Waals surface area contributed by atoms with Gasteiger partial charge >= 0.3 is 0 Å². The summed E-state index contributed by atoms with van der Waals surface area (Å²) in [6, 6.07) is 12.5. The Bertz CT molecular complexity index is 1330. The Morgan fingerprint density at radius 3 is 2.59 bits per heavy atom. The van der Waals surface area contributed by atoms with E-state index in [2.05, 4.69) is 49.4 Å². The number of hydrogen-bond donors (Lipinski definition) is 1. The number of carbonyl (C=O) groups excluding carboxylic acids is 1. The van der Waals surface area contributed by atoms with E-state index in [1.807, 2.05) is 24.5 Å². The van der Waals surface area contributed by atoms with Crippen LogP contribution in [0.4, 0.5) is 11.4 Å². The molecule has 0 bridgehead atoms. The van der Waals surface area contributed by atoms with Gasteiger partial charge < -0.3 is 15.0 Å². The van der Waals surface area contributed by atoms with Crippen LogP contribution in [0.2, 0.25) is 0 Å². The van der Waals surface area contributed by atoms with E-state index in [0.717, 1.165) is 92.4 Å². The Labute approximate surface area is 230 Å². The lowest BCUT2D eigenvalue weighted by atomic mass is 9.95. The molecule has 1 aromatic carbocycles. The van der Waals surface area contributed by atoms with Crippen molar-refractivity contribution in [1.29, 1.82) is 0 Å². The first-order valence-corrected chi connectivity index (χ1v) is 14.2. The zero-order chi connectivity index (χ0) is 26.4. The molecule has 2 fully saturated rings. The Balaban J connectivity index is 1.20. The molecule has 3 aromatic rings. The summed E-state index contributed by atoms with van der Waals surface area (Å²) in [5, 5.41) is 3.05. The second-order valence-corrected chi connectivity index (χ2v) is 10.6. The second kappa shape index (κ2) is 12.1. The maximum Gasteiger partial charge on any atom is 0.274 e. The molecule has 5 heterocycles. The average molecular weight is 525 g/mol. The van der Waals surface area contributed by atoms with Gasteiger partial charge in [0.1, 0.15) is 5.71 Å². The predicted molar refractivity (Wildman–Crippen MR) is 154 cm³/mol. The van der Waals surface area contributed by atoms with Gasteiger partial charge in [0.2, 0.25) is 0 Å². The van der Waals surface area contributed by atoms with Crippen LogP contribution >= 0.6 is 0 Å². The third kappa shape index (κ3) is 6.18. The lowest BCUT2D eigenvalue weighted by Gasteiger charge is -2.28. The van der Waals surface area contributed by atoms with Crippen LogP contribution in [0, 0.1) is 0 Å². The van der Waals surface area contributed by atoms with Crippen molar-refractivity contribution >= 4 is 23.0 Å². The molecule has 6 rings (SSSR count). The normalized spacial score (nSPS) is 18.2. The van der Waals surface area contributed by atoms with Crippen LogP contribution in [0.1, 0.15) is 42.5 Å². The number of likely N-dealkylation sites (tertiary alicyclic amines) is 1. The topological polar surface area (TPSA) is 83.0 Å². The van der Waals surface area contributed by atoms with Crippen molar-refractivity contribution in [1.82, 2.24) is 14.9 Å². The Kier molecular flexibility index (Phi) is 7.93. The second-order valence-electron chi connectivity index (χ2n) is 10.6. The van der Waals surface area contributed by atoms with Crippen LogP contribution in [0.15, 0.2) is 60.0 Å². The largest absolute Gasteiger partial charge is 0.378 e. The number of nitrogens with one attached hydrogen (secondary N) is 1. The predicted octanol–water partition coefficient (Wildman–Crippen LogP) is 4.34. The number of amides is 1. The monoisotopic (exact) mass is 524 g/mol. The quantitative estimate of drug-likeness (QED) is 0.517. The van der Waals surface area contributed by atoms with Gasteiger partial charge in [-0.15, -0.1) is 0 Å². The first-order valence-electron chi connectivity index (χ1n) is 14.2. The minimum absolute atomic E-state index is 0.193. The molecule has 1 N–H and O–H groups in total. The zero-order valence-corrected chi connectivity index (χ0v) is 22.4. The van der Waals surface area contributed by atoms with E-state index in [1.54, 1.807) is 6.20 Å². The minimum atomic E-state index is -0.193. The first-order chi connectivity index (χ1) is 19.2. The van der Waals surface area contributed by atoms with Crippen LogP contribution < -0.4 is 10.2 Å². The fourth-order valence-corrected chi connectivity index (χ4v) is 5.64. The van der Waals surface area contributed by atoms with Gasteiger partial charge in [0, 0.05) is 43.5 Å². The van der Waals surface area contributed by atoms with Gasteiger partial charge in [0.05, 0.1) is 42.7 Å². The van der Waals surface area contributed by atoms with Crippen molar-refractivity contribution in [3.8, 4) is 11.1 Å². The minimum Gasteiger partial charge on any atom is -0.378 e. The fraction of sp³-hybridized carbons (Fsp3) is 0.419. The number of piperidine rings is 1. The number of ether oxygens (including phenoxy) is 1. The third-order valence-electron chi connectivity index (χ3n) is 7.80. The van der Waals surface area contributed by atoms with Crippen molar-refractivity contribution in [2.24, 2.45) is 4.99 Å². The molecule has 39 heavy (non-hydrogen) atoms. The molecular formula is C31H36N6O2. The Hall–Kier alpha value is -3.62. The number of benzene rings is 1. The molecule has 0 saturated carbocycles. The molecule has 2 aromatic heterocycles. The highest BCUT2D eigenvalue weighted by Gasteiger charge is 2.21. The molecule has 3 aliphatic rings. The molecule has 0 aliphatic carbocycles. The summed E-state index contributed by atoms with van der Waals surface area (Å²) < 4.78 is 5.50. The lowest BCUT2D eigenvalue weighted by molar-refractivity contribution is -0.110. The van der Waals surface area contributed by atoms with E-state index < -0.39 is 0 Å². The van der Waals surface area contributed by atoms with Gasteiger partial charge in [-0.2, -0.15) is 0 Å². The number of aliphatic imine (C=N–C) groups is 1. The highest BCUT2D eigenvalue weighted by molar-refractivity contribution is 6.49. The highest BCUT2D eigenvalue weighted by atomic mass is 16.5. The molecule has 202 valence electrons. The van der Waals surface area contributed by atoms with Gasteiger partial charge in [-0.25, -0.2) is 0 Å². The van der Waals surface area contributed by atoms with Crippen molar-refractivity contribution in [3.63, 3.8) is 0 Å². The molecule has 0 radical (unpaired) electrons. The van der Waals surface area contributed by atoms with E-state index in [1.165, 1.54) is 19.3 Å². The summed E-state index contributed by atoms with van der Waals surface area (Å²) in [5.74, 6) is -0.193. The Morgan fingerprint density at radius 2 is 1.77 bits per heavy atom. The van der Waals surface area contributed by atoms with E-state index in [9.17, 15) is 4.79 Å². The number of pyridine rings is 2. The van der Waals surface area contributed by atoms with Crippen LogP contribution in [0.3, 0.4) is 0 Å². The van der Waals surface area contributed by atoms with E-state index in [-0.39, 0.29) is 5.91 Å². The maximum atomic E-state index is 13.5. The van der Waals surface area contributed by atoms with Gasteiger partial charge in [0.25, 0.3) is 5.91 Å². The number of anilines is 2. The molecule has 3 aliphatic heterocycles. The number of aromatic nitrogens is 2. The summed E-state index contributed by atoms with van der Waals surface area (Å²) in [7, 11) is 0. The van der Waals surface area contributed by atoms with Gasteiger partial charge in [-0.3, -0.25) is 24.7 Å². The summed E-state index contributed by atoms with van der Waals surface area (Å²) in [5.41, 5.74) is 7.40. The van der Waals surface area contributed by atoms with E-state index in [0.29, 0.717) is 17.9 Å². The number of hydrogen-bond acceptors (Lipinski definition) is 7. The third-order valence-corrected chi connectivity index (χ3v) is 7.80. The number of aryl methyl sites for hydroxylation is 1. The smallest absolute Gasteiger partial charge is 0.274 e. The lowest BCUT2D eigenvalue weighted by Crippen LogP contribution is -2.36. The zero-order valence-electron chi connectivity index (χ0n) is 22.4. The van der Waals surface area contributed by atoms with Crippen LogP contribution in [-0.4, -0.2) is 72.4 Å². The summed E-state index contributed by atoms with van der Waals surface area (Å²) in [4.78, 5) is 32.1. The summed E-state index contributed by atoms with van der Waals surface area (Å²) in [6.07, 6.45) is 11.2. The first kappa shape index (κ1) is 25.6. The Morgan fingerprint density at radius 1 is 0.897 bits per heavy atom. The van der Waals surface area contributed by atoms with Crippen LogP contribution in [0.5, 0.6) is 0 Å². The number of rotatable bonds is 6. The van der Waals surface area contributed by atoms with Crippen LogP contribution in [-0.2, 0) is 22.5 Å². The van der Waals surface area contributed by atoms with Crippen molar-refractivity contribution in [2.45, 2.75) is 38.6 Å². The molecular weight excluding hydrogens is 488 g/mol. The molecule has 0 spiro atoms. The summed E-state index contributed by atoms with van der Waals surface area (Å²) in [6.45, 7) is 6.95. The molecule has 8 nitrogen and oxygen atoms in total. The molecule has 8 heteroatoms. The maximum absolute atomic E-state index is 13.5. The molecule has 0 atom stereocenters. The standard InChI is InChI=1S/C31H36N6O2/c38-31(35-26-8-9-27(34-20-26)22-36-11-2-1-3-12-36)30-29-18-24(7-6-23(29)5-4-10-33-30)25-17-28(21-32-19-25)37-13-15-39-16-14-37/h6-9,17-21H,1-5,10-16,22H2,(H,35,38). The molecule has 1 amide bonds. The van der Waals surface area contributed by atoms with Gasteiger partial charge in [0.15, 0.2) is 0 Å². The van der Waals surface area contributed by atoms with E-state index in [4.69, 9.17) is 9.73 Å². The van der Waals surface area contributed by atoms with Gasteiger partial charge in [-0.1, -0.05) is 18.6 Å². The van der Waals surface area contributed by atoms with Crippen molar-refractivity contribution in [2.75, 3.05) is 56.2 Å². The summed E-state index contributed by atoms with van der Waals surface area (Å²) >= 11 is 0. The van der Waals surface area contributed by atoms with Gasteiger partial charge in [-0.05, 0) is 74.2 Å².